The van der Waals surface area contributed by atoms with Crippen LogP contribution in [-0.4, -0.2) is 46.5 Å². The minimum atomic E-state index is -4.47. The number of aliphatic hydroxyl groups is 2. The van der Waals surface area contributed by atoms with Gasteiger partial charge in [0.25, 0.3) is 0 Å². The van der Waals surface area contributed by atoms with Gasteiger partial charge in [0.15, 0.2) is 0 Å². The number of hydrogen-bond donors (Lipinski definition) is 2. The van der Waals surface area contributed by atoms with Crippen LogP contribution >= 0.6 is 11.6 Å². The predicted octanol–water partition coefficient (Wildman–Crippen LogP) is 5.67. The van der Waals surface area contributed by atoms with Crippen molar-refractivity contribution >= 4 is 17.6 Å². The maximum Gasteiger partial charge on any atom is 0.416 e. The first kappa shape index (κ1) is 29.2. The molecule has 1 aliphatic rings. The minimum absolute atomic E-state index is 0.0132. The SMILES string of the molecule is CC(C)OC(=O)CCC/C=C\C[C@H]1C(O)CC(Cl)[C@@H]1/C=C/C(O)COc1cccc(C(F)(F)F)c1. The molecule has 1 fully saturated rings. The molecule has 1 aromatic carbocycles. The van der Waals surface area contributed by atoms with E-state index in [0.717, 1.165) is 12.1 Å². The number of carbonyl (C=O) groups is 1. The molecule has 0 bridgehead atoms. The van der Waals surface area contributed by atoms with Gasteiger partial charge in [-0.1, -0.05) is 30.4 Å². The van der Waals surface area contributed by atoms with Crippen molar-refractivity contribution in [2.45, 2.75) is 75.8 Å². The lowest BCUT2D eigenvalue weighted by Crippen LogP contribution is -2.20. The Balaban J connectivity index is 1.82. The van der Waals surface area contributed by atoms with Crippen LogP contribution in [0.5, 0.6) is 5.75 Å². The van der Waals surface area contributed by atoms with E-state index in [9.17, 15) is 28.2 Å². The summed E-state index contributed by atoms with van der Waals surface area (Å²) >= 11 is 6.42. The number of aliphatic hydroxyl groups excluding tert-OH is 2. The van der Waals surface area contributed by atoms with Crippen LogP contribution in [0.3, 0.4) is 0 Å². The fraction of sp³-hybridized carbons (Fsp3) is 0.577. The summed E-state index contributed by atoms with van der Waals surface area (Å²) in [4.78, 5) is 11.5. The Morgan fingerprint density at radius 3 is 2.71 bits per heavy atom. The van der Waals surface area contributed by atoms with Gasteiger partial charge in [0, 0.05) is 11.8 Å². The van der Waals surface area contributed by atoms with Crippen LogP contribution in [0.2, 0.25) is 0 Å². The summed E-state index contributed by atoms with van der Waals surface area (Å²) in [5, 5.41) is 20.3. The van der Waals surface area contributed by atoms with E-state index in [-0.39, 0.29) is 41.6 Å². The zero-order chi connectivity index (χ0) is 26.0. The largest absolute Gasteiger partial charge is 0.491 e. The molecule has 2 rings (SSSR count). The third-order valence-corrected chi connectivity index (χ3v) is 6.17. The molecule has 2 N–H and O–H groups in total. The van der Waals surface area contributed by atoms with Gasteiger partial charge in [-0.25, -0.2) is 0 Å². The number of rotatable bonds is 12. The highest BCUT2D eigenvalue weighted by Crippen LogP contribution is 2.39. The standard InChI is InChI=1S/C26H34ClF3O5/c1-17(2)35-25(33)11-6-4-3-5-10-22-21(23(27)15-24(22)32)13-12-19(31)16-34-20-9-7-8-18(14-20)26(28,29)30/h3,5,7-9,12-14,17,19,21-24,31-32H,4,6,10-11,15-16H2,1-2H3/b5-3-,13-12+/t19?,21-,22-,23?,24?/m1/s1. The second kappa shape index (κ2) is 13.9. The number of benzene rings is 1. The van der Waals surface area contributed by atoms with Crippen molar-refractivity contribution in [1.29, 1.82) is 0 Å². The molecule has 0 spiro atoms. The summed E-state index contributed by atoms with van der Waals surface area (Å²) in [6, 6.07) is 4.47. The molecule has 9 heteroatoms. The van der Waals surface area contributed by atoms with E-state index in [4.69, 9.17) is 21.1 Å². The Morgan fingerprint density at radius 2 is 2.03 bits per heavy atom. The van der Waals surface area contributed by atoms with Gasteiger partial charge in [-0.3, -0.25) is 4.79 Å². The molecule has 0 amide bonds. The number of carbonyl (C=O) groups excluding carboxylic acids is 1. The molecule has 0 radical (unpaired) electrons. The van der Waals surface area contributed by atoms with Gasteiger partial charge in [0.1, 0.15) is 18.5 Å². The molecule has 1 saturated carbocycles. The quantitative estimate of drug-likeness (QED) is 0.161. The Bertz CT molecular complexity index is 856. The second-order valence-corrected chi connectivity index (χ2v) is 9.55. The third-order valence-electron chi connectivity index (χ3n) is 5.70. The van der Waals surface area contributed by atoms with Crippen LogP contribution in [0.1, 0.15) is 51.5 Å². The monoisotopic (exact) mass is 518 g/mol. The lowest BCUT2D eigenvalue weighted by molar-refractivity contribution is -0.147. The van der Waals surface area contributed by atoms with Crippen LogP contribution in [0.4, 0.5) is 13.2 Å². The number of halogens is 4. The van der Waals surface area contributed by atoms with Gasteiger partial charge in [0.05, 0.1) is 17.8 Å². The molecule has 0 aromatic heterocycles. The van der Waals surface area contributed by atoms with Crippen LogP contribution in [0, 0.1) is 11.8 Å². The highest BCUT2D eigenvalue weighted by molar-refractivity contribution is 6.21. The molecule has 0 aliphatic heterocycles. The van der Waals surface area contributed by atoms with Crippen LogP contribution in [0.25, 0.3) is 0 Å². The van der Waals surface area contributed by atoms with E-state index in [0.29, 0.717) is 32.1 Å². The molecule has 0 saturated heterocycles. The summed E-state index contributed by atoms with van der Waals surface area (Å²) in [6.45, 7) is 3.40. The van der Waals surface area contributed by atoms with Crippen molar-refractivity contribution in [1.82, 2.24) is 0 Å². The summed E-state index contributed by atoms with van der Waals surface area (Å²) in [7, 11) is 0. The first-order chi connectivity index (χ1) is 16.5. The Labute approximate surface area is 209 Å². The van der Waals surface area contributed by atoms with Gasteiger partial charge in [-0.2, -0.15) is 13.2 Å². The Kier molecular flexibility index (Phi) is 11.6. The van der Waals surface area contributed by atoms with Crippen molar-refractivity contribution in [3.05, 3.63) is 54.1 Å². The molecular weight excluding hydrogens is 485 g/mol. The Morgan fingerprint density at radius 1 is 1.29 bits per heavy atom. The van der Waals surface area contributed by atoms with Gasteiger partial charge in [-0.05, 0) is 69.6 Å². The number of alkyl halides is 4. The van der Waals surface area contributed by atoms with Crippen LogP contribution in [-0.2, 0) is 15.7 Å². The molecule has 35 heavy (non-hydrogen) atoms. The lowest BCUT2D eigenvalue weighted by atomic mass is 9.90. The van der Waals surface area contributed by atoms with Crippen molar-refractivity contribution in [3.8, 4) is 5.75 Å². The van der Waals surface area contributed by atoms with Crippen molar-refractivity contribution < 1.29 is 37.7 Å². The minimum Gasteiger partial charge on any atom is -0.491 e. The van der Waals surface area contributed by atoms with E-state index >= 15 is 0 Å². The van der Waals surface area contributed by atoms with Gasteiger partial charge >= 0.3 is 12.1 Å². The fourth-order valence-electron chi connectivity index (χ4n) is 3.98. The van der Waals surface area contributed by atoms with Crippen molar-refractivity contribution in [2.24, 2.45) is 11.8 Å². The molecule has 1 aliphatic carbocycles. The number of ether oxygens (including phenoxy) is 2. The van der Waals surface area contributed by atoms with Gasteiger partial charge in [-0.15, -0.1) is 11.6 Å². The second-order valence-electron chi connectivity index (χ2n) is 8.99. The number of esters is 1. The molecule has 196 valence electrons. The molecule has 0 heterocycles. The third kappa shape index (κ3) is 10.2. The average Bonchev–Trinajstić information content (AvgIpc) is 3.04. The summed E-state index contributed by atoms with van der Waals surface area (Å²) in [5.74, 6) is -0.516. The molecule has 1 aromatic rings. The summed E-state index contributed by atoms with van der Waals surface area (Å²) in [5.41, 5.74) is -0.823. The predicted molar refractivity (Wildman–Crippen MR) is 128 cm³/mol. The molecule has 3 unspecified atom stereocenters. The van der Waals surface area contributed by atoms with Crippen LogP contribution in [0.15, 0.2) is 48.6 Å². The normalized spacial score (nSPS) is 23.9. The molecule has 5 atom stereocenters. The number of unbranched alkanes of at least 4 members (excludes halogenated alkanes) is 1. The van der Waals surface area contributed by atoms with E-state index in [1.807, 2.05) is 26.0 Å². The summed E-state index contributed by atoms with van der Waals surface area (Å²) in [6.07, 6.45) is 3.70. The van der Waals surface area contributed by atoms with Crippen molar-refractivity contribution in [3.63, 3.8) is 0 Å². The molecular formula is C26H34ClF3O5. The maximum absolute atomic E-state index is 12.8. The van der Waals surface area contributed by atoms with Gasteiger partial charge < -0.3 is 19.7 Å². The lowest BCUT2D eigenvalue weighted by Gasteiger charge is -2.19. The smallest absolute Gasteiger partial charge is 0.416 e. The van der Waals surface area contributed by atoms with E-state index in [1.165, 1.54) is 18.2 Å². The first-order valence-corrected chi connectivity index (χ1v) is 12.2. The first-order valence-electron chi connectivity index (χ1n) is 11.8. The Hall–Kier alpha value is -2.03. The zero-order valence-corrected chi connectivity index (χ0v) is 20.7. The highest BCUT2D eigenvalue weighted by atomic mass is 35.5. The van der Waals surface area contributed by atoms with Gasteiger partial charge in [0.2, 0.25) is 0 Å². The van der Waals surface area contributed by atoms with Crippen LogP contribution < -0.4 is 4.74 Å². The van der Waals surface area contributed by atoms with E-state index < -0.39 is 23.9 Å². The van der Waals surface area contributed by atoms with Crippen molar-refractivity contribution in [2.75, 3.05) is 6.61 Å². The number of allylic oxidation sites excluding steroid dienone is 3. The fourth-order valence-corrected chi connectivity index (χ4v) is 4.43. The zero-order valence-electron chi connectivity index (χ0n) is 20.0. The maximum atomic E-state index is 12.8. The summed E-state index contributed by atoms with van der Waals surface area (Å²) < 4.78 is 48.8. The topological polar surface area (TPSA) is 76.0 Å². The van der Waals surface area contributed by atoms with E-state index in [2.05, 4.69) is 0 Å². The number of hydrogen-bond acceptors (Lipinski definition) is 5. The molecule has 5 nitrogen and oxygen atoms in total. The van der Waals surface area contributed by atoms with E-state index in [1.54, 1.807) is 6.08 Å². The average molecular weight is 519 g/mol. The highest BCUT2D eigenvalue weighted by Gasteiger charge is 2.39.